The Labute approximate surface area is 127 Å². The van der Waals surface area contributed by atoms with Crippen LogP contribution in [0.2, 0.25) is 0 Å². The lowest BCUT2D eigenvalue weighted by Gasteiger charge is -2.14. The van der Waals surface area contributed by atoms with Gasteiger partial charge < -0.3 is 9.84 Å². The normalized spacial score (nSPS) is 12.5. The Morgan fingerprint density at radius 3 is 2.67 bits per heavy atom. The minimum Gasteiger partial charge on any atom is -0.339 e. The van der Waals surface area contributed by atoms with Gasteiger partial charge in [-0.3, -0.25) is 0 Å². The van der Waals surface area contributed by atoms with Crippen LogP contribution in [0.4, 0.5) is 0 Å². The zero-order valence-corrected chi connectivity index (χ0v) is 13.0. The predicted octanol–water partition coefficient (Wildman–Crippen LogP) is 3.18. The van der Waals surface area contributed by atoms with Gasteiger partial charge in [0.05, 0.1) is 0 Å². The quantitative estimate of drug-likeness (QED) is 0.769. The van der Waals surface area contributed by atoms with E-state index in [-0.39, 0.29) is 0 Å². The Balaban J connectivity index is 1.85. The van der Waals surface area contributed by atoms with E-state index in [2.05, 4.69) is 53.6 Å². The molecular weight excluding hydrogens is 262 g/mol. The lowest BCUT2D eigenvalue weighted by molar-refractivity contribution is 0.348. The summed E-state index contributed by atoms with van der Waals surface area (Å²) in [6.07, 6.45) is 4.89. The summed E-state index contributed by atoms with van der Waals surface area (Å²) in [7, 11) is 0. The fraction of sp³-hybridized carbons (Fsp3) is 0.529. The van der Waals surface area contributed by atoms with E-state index in [4.69, 9.17) is 4.52 Å². The first kappa shape index (κ1) is 15.7. The number of benzene rings is 1. The molecule has 0 spiro atoms. The number of likely N-dealkylation sites (N-methyl/N-ethyl adjacent to an activating group) is 1. The highest BCUT2D eigenvalue weighted by atomic mass is 16.5. The molecule has 0 fully saturated rings. The highest BCUT2D eigenvalue weighted by molar-refractivity contribution is 5.15. The highest BCUT2D eigenvalue weighted by Gasteiger charge is 2.13. The van der Waals surface area contributed by atoms with Crippen molar-refractivity contribution >= 4 is 0 Å². The van der Waals surface area contributed by atoms with E-state index >= 15 is 0 Å². The smallest absolute Gasteiger partial charge is 0.228 e. The Hall–Kier alpha value is -1.68. The molecule has 0 bridgehead atoms. The van der Waals surface area contributed by atoms with Crippen molar-refractivity contribution in [3.63, 3.8) is 0 Å². The molecule has 21 heavy (non-hydrogen) atoms. The fourth-order valence-corrected chi connectivity index (χ4v) is 2.50. The van der Waals surface area contributed by atoms with Crippen LogP contribution in [0.25, 0.3) is 0 Å². The molecule has 1 aromatic carbocycles. The molecule has 0 radical (unpaired) electrons. The maximum atomic E-state index is 5.38. The molecule has 1 unspecified atom stereocenters. The number of aryl methyl sites for hydroxylation is 2. The van der Waals surface area contributed by atoms with Gasteiger partial charge in [-0.05, 0) is 24.9 Å². The number of rotatable bonds is 9. The van der Waals surface area contributed by atoms with Crippen molar-refractivity contribution in [3.05, 3.63) is 47.6 Å². The maximum absolute atomic E-state index is 5.38. The number of aromatic nitrogens is 2. The number of nitrogens with zero attached hydrogens (tertiary/aromatic N) is 2. The Bertz CT molecular complexity index is 504. The molecule has 0 saturated heterocycles. The Morgan fingerprint density at radius 1 is 1.14 bits per heavy atom. The van der Waals surface area contributed by atoms with Gasteiger partial charge in [0.2, 0.25) is 5.89 Å². The van der Waals surface area contributed by atoms with Gasteiger partial charge in [-0.15, -0.1) is 0 Å². The third-order valence-electron chi connectivity index (χ3n) is 3.54. The summed E-state index contributed by atoms with van der Waals surface area (Å²) in [4.78, 5) is 4.51. The monoisotopic (exact) mass is 287 g/mol. The van der Waals surface area contributed by atoms with Crippen LogP contribution in [0.1, 0.15) is 44.0 Å². The molecule has 1 aromatic heterocycles. The first-order valence-electron chi connectivity index (χ1n) is 7.90. The van der Waals surface area contributed by atoms with Gasteiger partial charge >= 0.3 is 0 Å². The van der Waals surface area contributed by atoms with Crippen molar-refractivity contribution in [2.24, 2.45) is 0 Å². The summed E-state index contributed by atoms with van der Waals surface area (Å²) in [5.41, 5.74) is 1.31. The second kappa shape index (κ2) is 8.57. The first-order valence-corrected chi connectivity index (χ1v) is 7.90. The van der Waals surface area contributed by atoms with E-state index in [1.807, 2.05) is 6.07 Å². The van der Waals surface area contributed by atoms with Crippen molar-refractivity contribution in [3.8, 4) is 0 Å². The van der Waals surface area contributed by atoms with Crippen LogP contribution in [0.15, 0.2) is 34.9 Å². The van der Waals surface area contributed by atoms with Crippen molar-refractivity contribution in [2.45, 2.75) is 52.0 Å². The van der Waals surface area contributed by atoms with Crippen LogP contribution in [-0.4, -0.2) is 22.7 Å². The molecule has 0 saturated carbocycles. The van der Waals surface area contributed by atoms with Crippen LogP contribution in [0.3, 0.4) is 0 Å². The summed E-state index contributed by atoms with van der Waals surface area (Å²) in [6.45, 7) is 5.30. The van der Waals surface area contributed by atoms with E-state index < -0.39 is 0 Å². The Kier molecular flexibility index (Phi) is 6.41. The van der Waals surface area contributed by atoms with Gasteiger partial charge in [0.25, 0.3) is 0 Å². The third kappa shape index (κ3) is 5.31. The molecular formula is C17H25N3O. The summed E-state index contributed by atoms with van der Waals surface area (Å²) in [5.74, 6) is 1.55. The molecule has 0 aliphatic heterocycles. The van der Waals surface area contributed by atoms with Crippen molar-refractivity contribution in [2.75, 3.05) is 6.54 Å². The fourth-order valence-electron chi connectivity index (χ4n) is 2.50. The molecule has 4 nitrogen and oxygen atoms in total. The standard InChI is InChI=1S/C17H25N3O/c1-3-8-15(18-4-2)13-17-19-16(20-21-17)12-11-14-9-6-5-7-10-14/h5-7,9-10,15,18H,3-4,8,11-13H2,1-2H3. The average molecular weight is 287 g/mol. The van der Waals surface area contributed by atoms with E-state index in [9.17, 15) is 0 Å². The van der Waals surface area contributed by atoms with Gasteiger partial charge in [-0.1, -0.05) is 55.8 Å². The molecule has 0 amide bonds. The topological polar surface area (TPSA) is 51.0 Å². The lowest BCUT2D eigenvalue weighted by Crippen LogP contribution is -2.30. The zero-order valence-electron chi connectivity index (χ0n) is 13.0. The predicted molar refractivity (Wildman–Crippen MR) is 84.2 cm³/mol. The van der Waals surface area contributed by atoms with E-state index in [0.29, 0.717) is 6.04 Å². The van der Waals surface area contributed by atoms with Gasteiger partial charge in [0.1, 0.15) is 0 Å². The van der Waals surface area contributed by atoms with Gasteiger partial charge in [-0.2, -0.15) is 4.98 Å². The van der Waals surface area contributed by atoms with Crippen LogP contribution >= 0.6 is 0 Å². The van der Waals surface area contributed by atoms with Crippen molar-refractivity contribution in [1.29, 1.82) is 0 Å². The SMILES string of the molecule is CCCC(Cc1nc(CCc2ccccc2)no1)NCC. The molecule has 114 valence electrons. The third-order valence-corrected chi connectivity index (χ3v) is 3.54. The Morgan fingerprint density at radius 2 is 1.95 bits per heavy atom. The molecule has 4 heteroatoms. The minimum atomic E-state index is 0.433. The summed E-state index contributed by atoms with van der Waals surface area (Å²) >= 11 is 0. The van der Waals surface area contributed by atoms with Crippen molar-refractivity contribution < 1.29 is 4.52 Å². The van der Waals surface area contributed by atoms with Gasteiger partial charge in [-0.25, -0.2) is 0 Å². The van der Waals surface area contributed by atoms with Crippen LogP contribution in [0, 0.1) is 0 Å². The molecule has 1 N–H and O–H groups in total. The molecule has 2 aromatic rings. The van der Waals surface area contributed by atoms with Crippen molar-refractivity contribution in [1.82, 2.24) is 15.5 Å². The summed E-state index contributed by atoms with van der Waals surface area (Å²) < 4.78 is 5.38. The number of nitrogens with one attached hydrogen (secondary N) is 1. The highest BCUT2D eigenvalue weighted by Crippen LogP contribution is 2.08. The zero-order chi connectivity index (χ0) is 14.9. The van der Waals surface area contributed by atoms with Crippen LogP contribution in [0.5, 0.6) is 0 Å². The lowest BCUT2D eigenvalue weighted by atomic mass is 10.1. The second-order valence-electron chi connectivity index (χ2n) is 5.34. The molecule has 1 atom stereocenters. The minimum absolute atomic E-state index is 0.433. The van der Waals surface area contributed by atoms with Gasteiger partial charge in [0, 0.05) is 18.9 Å². The van der Waals surface area contributed by atoms with Crippen LogP contribution < -0.4 is 5.32 Å². The molecule has 2 rings (SSSR count). The molecule has 1 heterocycles. The van der Waals surface area contributed by atoms with E-state index in [1.165, 1.54) is 5.56 Å². The number of hydrogen-bond donors (Lipinski definition) is 1. The summed E-state index contributed by atoms with van der Waals surface area (Å²) in [5, 5.41) is 7.56. The van der Waals surface area contributed by atoms with E-state index in [1.54, 1.807) is 0 Å². The maximum Gasteiger partial charge on any atom is 0.228 e. The van der Waals surface area contributed by atoms with E-state index in [0.717, 1.165) is 50.4 Å². The van der Waals surface area contributed by atoms with Gasteiger partial charge in [0.15, 0.2) is 5.82 Å². The molecule has 0 aliphatic rings. The van der Waals surface area contributed by atoms with Crippen LogP contribution in [-0.2, 0) is 19.3 Å². The largest absolute Gasteiger partial charge is 0.339 e. The molecule has 0 aliphatic carbocycles. The summed E-state index contributed by atoms with van der Waals surface area (Å²) in [6, 6.07) is 10.8. The first-order chi connectivity index (χ1) is 10.3. The number of hydrogen-bond acceptors (Lipinski definition) is 4. The second-order valence-corrected chi connectivity index (χ2v) is 5.34. The average Bonchev–Trinajstić information content (AvgIpc) is 2.94.